The lowest BCUT2D eigenvalue weighted by Gasteiger charge is -2.10. The molecule has 0 spiro atoms. The van der Waals surface area contributed by atoms with Gasteiger partial charge in [0.1, 0.15) is 22.5 Å². The van der Waals surface area contributed by atoms with Crippen molar-refractivity contribution in [2.45, 2.75) is 45.4 Å². The molecule has 3 rings (SSSR count). The normalized spacial score (nSPS) is 11.0. The van der Waals surface area contributed by atoms with Gasteiger partial charge in [-0.05, 0) is 24.6 Å². The number of unbranched alkanes of at least 4 members (excludes halogenated alkanes) is 4. The third-order valence-electron chi connectivity index (χ3n) is 4.86. The first kappa shape index (κ1) is 22.0. The van der Waals surface area contributed by atoms with Crippen LogP contribution in [0.1, 0.15) is 45.4 Å². The van der Waals surface area contributed by atoms with E-state index in [-0.39, 0.29) is 46.0 Å². The molecule has 4 N–H and O–H groups in total. The molecule has 1 heterocycles. The zero-order valence-electron chi connectivity index (χ0n) is 17.1. The van der Waals surface area contributed by atoms with Crippen molar-refractivity contribution in [3.8, 4) is 40.1 Å². The number of carbonyl (C=O) groups excluding carboxylic acids is 1. The first-order valence-corrected chi connectivity index (χ1v) is 10.1. The summed E-state index contributed by atoms with van der Waals surface area (Å²) in [4.78, 5) is 24.4. The summed E-state index contributed by atoms with van der Waals surface area (Å²) in [5.41, 5.74) is -0.906. The van der Waals surface area contributed by atoms with Crippen LogP contribution in [-0.2, 0) is 4.79 Å². The van der Waals surface area contributed by atoms with Gasteiger partial charge in [0.05, 0.1) is 0 Å². The highest BCUT2D eigenvalue weighted by atomic mass is 16.5. The molecule has 0 saturated heterocycles. The molecule has 2 aromatic carbocycles. The molecule has 0 unspecified atom stereocenters. The molecule has 8 nitrogen and oxygen atoms in total. The summed E-state index contributed by atoms with van der Waals surface area (Å²) in [5, 5.41) is 39.7. The van der Waals surface area contributed by atoms with E-state index in [0.717, 1.165) is 37.8 Å². The topological polar surface area (TPSA) is 137 Å². The van der Waals surface area contributed by atoms with E-state index in [4.69, 9.17) is 9.15 Å². The average Bonchev–Trinajstić information content (AvgIpc) is 2.71. The Morgan fingerprint density at radius 1 is 0.968 bits per heavy atom. The second-order valence-corrected chi connectivity index (χ2v) is 7.27. The Balaban J connectivity index is 1.83. The fourth-order valence-electron chi connectivity index (χ4n) is 3.26. The van der Waals surface area contributed by atoms with E-state index in [2.05, 4.69) is 6.92 Å². The second kappa shape index (κ2) is 9.42. The Morgan fingerprint density at radius 2 is 1.71 bits per heavy atom. The van der Waals surface area contributed by atoms with Crippen LogP contribution < -0.4 is 10.2 Å². The lowest BCUT2D eigenvalue weighted by molar-refractivity contribution is -0.134. The van der Waals surface area contributed by atoms with Gasteiger partial charge >= 0.3 is 5.97 Å². The Morgan fingerprint density at radius 3 is 2.42 bits per heavy atom. The van der Waals surface area contributed by atoms with Crippen molar-refractivity contribution < 1.29 is 34.4 Å². The van der Waals surface area contributed by atoms with E-state index in [1.165, 1.54) is 18.2 Å². The summed E-state index contributed by atoms with van der Waals surface area (Å²) in [6, 6.07) is 5.97. The maximum absolute atomic E-state index is 12.4. The van der Waals surface area contributed by atoms with E-state index < -0.39 is 22.9 Å². The highest BCUT2D eigenvalue weighted by Gasteiger charge is 2.20. The maximum Gasteiger partial charge on any atom is 0.311 e. The van der Waals surface area contributed by atoms with Crippen molar-refractivity contribution in [3.63, 3.8) is 0 Å². The number of esters is 1. The third kappa shape index (κ3) is 4.91. The summed E-state index contributed by atoms with van der Waals surface area (Å²) in [5.74, 6) is -2.81. The van der Waals surface area contributed by atoms with Crippen LogP contribution in [0, 0.1) is 0 Å². The number of benzene rings is 2. The number of aromatic hydroxyl groups is 4. The van der Waals surface area contributed by atoms with E-state index in [1.54, 1.807) is 0 Å². The monoisotopic (exact) mass is 428 g/mol. The molecule has 31 heavy (non-hydrogen) atoms. The predicted molar refractivity (Wildman–Crippen MR) is 114 cm³/mol. The van der Waals surface area contributed by atoms with Gasteiger partial charge in [-0.3, -0.25) is 9.59 Å². The smallest absolute Gasteiger partial charge is 0.311 e. The van der Waals surface area contributed by atoms with Crippen LogP contribution in [-0.4, -0.2) is 26.4 Å². The molecular weight excluding hydrogens is 404 g/mol. The summed E-state index contributed by atoms with van der Waals surface area (Å²) in [6.07, 6.45) is 5.15. The standard InChI is InChI=1S/C23H24O8/c1-2-3-4-5-6-7-19(27)30-17-9-8-13(10-15(17)25)23-22(29)21(28)20-16(26)11-14(24)12-18(20)31-23/h8-12,24-26,29H,2-7H2,1H3. The molecule has 0 bridgehead atoms. The first-order valence-electron chi connectivity index (χ1n) is 10.1. The van der Waals surface area contributed by atoms with Crippen molar-refractivity contribution >= 4 is 16.9 Å². The maximum atomic E-state index is 12.4. The number of hydrogen-bond donors (Lipinski definition) is 4. The van der Waals surface area contributed by atoms with Gasteiger partial charge in [-0.1, -0.05) is 32.6 Å². The zero-order valence-corrected chi connectivity index (χ0v) is 17.1. The van der Waals surface area contributed by atoms with Crippen LogP contribution in [0.25, 0.3) is 22.3 Å². The molecular formula is C23H24O8. The van der Waals surface area contributed by atoms with Crippen LogP contribution in [0.5, 0.6) is 28.7 Å². The van der Waals surface area contributed by atoms with E-state index in [0.29, 0.717) is 6.42 Å². The molecule has 0 aliphatic heterocycles. The fourth-order valence-corrected chi connectivity index (χ4v) is 3.26. The molecule has 0 fully saturated rings. The fraction of sp³-hybridized carbons (Fsp3) is 0.304. The van der Waals surface area contributed by atoms with Crippen LogP contribution in [0.4, 0.5) is 0 Å². The minimum Gasteiger partial charge on any atom is -0.508 e. The van der Waals surface area contributed by atoms with Crippen LogP contribution in [0.15, 0.2) is 39.5 Å². The average molecular weight is 428 g/mol. The minimum absolute atomic E-state index is 0.0553. The first-order chi connectivity index (χ1) is 14.8. The van der Waals surface area contributed by atoms with E-state index in [1.807, 2.05) is 0 Å². The van der Waals surface area contributed by atoms with Crippen molar-refractivity contribution in [3.05, 3.63) is 40.6 Å². The summed E-state index contributed by atoms with van der Waals surface area (Å²) >= 11 is 0. The van der Waals surface area contributed by atoms with Crippen molar-refractivity contribution in [1.29, 1.82) is 0 Å². The van der Waals surface area contributed by atoms with Gasteiger partial charge in [-0.15, -0.1) is 0 Å². The SMILES string of the molecule is CCCCCCCC(=O)Oc1ccc(-c2oc3cc(O)cc(O)c3c(=O)c2O)cc1O. The predicted octanol–water partition coefficient (Wildman–Crippen LogP) is 4.55. The number of fused-ring (bicyclic) bond motifs is 1. The molecule has 164 valence electrons. The largest absolute Gasteiger partial charge is 0.508 e. The third-order valence-corrected chi connectivity index (χ3v) is 4.86. The van der Waals surface area contributed by atoms with Crippen LogP contribution in [0.3, 0.4) is 0 Å². The van der Waals surface area contributed by atoms with Gasteiger partial charge in [0.25, 0.3) is 0 Å². The molecule has 1 aromatic heterocycles. The van der Waals surface area contributed by atoms with Gasteiger partial charge in [0.2, 0.25) is 11.2 Å². The van der Waals surface area contributed by atoms with Crippen LogP contribution >= 0.6 is 0 Å². The number of hydrogen-bond acceptors (Lipinski definition) is 8. The zero-order chi connectivity index (χ0) is 22.5. The summed E-state index contributed by atoms with van der Waals surface area (Å²) in [7, 11) is 0. The lowest BCUT2D eigenvalue weighted by atomic mass is 10.1. The number of carbonyl (C=O) groups is 1. The Hall–Kier alpha value is -3.68. The van der Waals surface area contributed by atoms with Crippen molar-refractivity contribution in [1.82, 2.24) is 0 Å². The van der Waals surface area contributed by atoms with Crippen molar-refractivity contribution in [2.24, 2.45) is 0 Å². The molecule has 0 saturated carbocycles. The minimum atomic E-state index is -0.896. The highest BCUT2D eigenvalue weighted by Crippen LogP contribution is 2.38. The Labute approximate surface area is 178 Å². The number of rotatable bonds is 8. The van der Waals surface area contributed by atoms with Crippen molar-refractivity contribution in [2.75, 3.05) is 0 Å². The lowest BCUT2D eigenvalue weighted by Crippen LogP contribution is -2.07. The van der Waals surface area contributed by atoms with Gasteiger partial charge in [0, 0.05) is 24.1 Å². The quantitative estimate of drug-likeness (QED) is 0.233. The van der Waals surface area contributed by atoms with Gasteiger partial charge in [0.15, 0.2) is 17.3 Å². The molecule has 0 aliphatic rings. The molecule has 0 amide bonds. The molecule has 0 aliphatic carbocycles. The van der Waals surface area contributed by atoms with Crippen LogP contribution in [0.2, 0.25) is 0 Å². The van der Waals surface area contributed by atoms with E-state index >= 15 is 0 Å². The Bertz CT molecular complexity index is 1160. The van der Waals surface area contributed by atoms with Gasteiger partial charge in [-0.2, -0.15) is 0 Å². The molecule has 0 radical (unpaired) electrons. The van der Waals surface area contributed by atoms with Gasteiger partial charge < -0.3 is 29.6 Å². The molecule has 0 atom stereocenters. The summed E-state index contributed by atoms with van der Waals surface area (Å²) < 4.78 is 10.7. The second-order valence-electron chi connectivity index (χ2n) is 7.27. The van der Waals surface area contributed by atoms with Gasteiger partial charge in [-0.25, -0.2) is 0 Å². The van der Waals surface area contributed by atoms with E-state index in [9.17, 15) is 30.0 Å². The summed E-state index contributed by atoms with van der Waals surface area (Å²) in [6.45, 7) is 2.11. The highest BCUT2D eigenvalue weighted by molar-refractivity contribution is 5.88. The Kier molecular flexibility index (Phi) is 6.69. The number of ether oxygens (including phenoxy) is 1. The number of phenolic OH excluding ortho intramolecular Hbond substituents is 3. The molecule has 8 heteroatoms. The molecule has 3 aromatic rings. The number of phenols is 3.